The van der Waals surface area contributed by atoms with Crippen LogP contribution in [0.5, 0.6) is 0 Å². The highest BCUT2D eigenvalue weighted by atomic mass is 16.4. The maximum atomic E-state index is 11.7. The minimum atomic E-state index is -0.755. The van der Waals surface area contributed by atoms with Crippen molar-refractivity contribution < 1.29 is 14.7 Å². The number of carboxylic acids is 1. The van der Waals surface area contributed by atoms with Crippen LogP contribution in [0.4, 0.5) is 10.5 Å². The molecule has 1 aromatic rings. The third-order valence-corrected chi connectivity index (χ3v) is 3.08. The van der Waals surface area contributed by atoms with Crippen LogP contribution in [0.1, 0.15) is 43.5 Å². The van der Waals surface area contributed by atoms with Crippen molar-refractivity contribution in [1.82, 2.24) is 10.3 Å². The lowest BCUT2D eigenvalue weighted by Crippen LogP contribution is -2.29. The molecule has 0 saturated carbocycles. The van der Waals surface area contributed by atoms with Gasteiger partial charge in [-0.25, -0.2) is 4.79 Å². The SMILES string of the molecule is Cc1ccc(NC(=O)NCCCCCCC(=O)O)c(C)n1. The second-order valence-electron chi connectivity index (χ2n) is 5.02. The number of nitrogens with one attached hydrogen (secondary N) is 2. The molecule has 116 valence electrons. The van der Waals surface area contributed by atoms with Crippen molar-refractivity contribution >= 4 is 17.7 Å². The van der Waals surface area contributed by atoms with Crippen molar-refractivity contribution in [3.63, 3.8) is 0 Å². The highest BCUT2D eigenvalue weighted by molar-refractivity contribution is 5.89. The molecule has 0 aromatic carbocycles. The Morgan fingerprint density at radius 2 is 1.86 bits per heavy atom. The van der Waals surface area contributed by atoms with E-state index in [0.29, 0.717) is 18.7 Å². The summed E-state index contributed by atoms with van der Waals surface area (Å²) in [7, 11) is 0. The molecular weight excluding hydrogens is 270 g/mol. The van der Waals surface area contributed by atoms with E-state index in [0.717, 1.165) is 30.7 Å². The average Bonchev–Trinajstić information content (AvgIpc) is 2.40. The van der Waals surface area contributed by atoms with E-state index in [-0.39, 0.29) is 12.5 Å². The first-order chi connectivity index (χ1) is 9.99. The summed E-state index contributed by atoms with van der Waals surface area (Å²) in [6.07, 6.45) is 3.54. The van der Waals surface area contributed by atoms with Gasteiger partial charge in [-0.2, -0.15) is 0 Å². The van der Waals surface area contributed by atoms with Gasteiger partial charge in [-0.3, -0.25) is 9.78 Å². The normalized spacial score (nSPS) is 10.2. The zero-order valence-electron chi connectivity index (χ0n) is 12.6. The number of amides is 2. The maximum absolute atomic E-state index is 11.7. The summed E-state index contributed by atoms with van der Waals surface area (Å²) in [5, 5.41) is 14.0. The summed E-state index contributed by atoms with van der Waals surface area (Å²) in [4.78, 5) is 26.3. The average molecular weight is 293 g/mol. The molecule has 0 bridgehead atoms. The molecular formula is C15H23N3O3. The molecule has 0 atom stereocenters. The maximum Gasteiger partial charge on any atom is 0.319 e. The van der Waals surface area contributed by atoms with Gasteiger partial charge < -0.3 is 15.7 Å². The van der Waals surface area contributed by atoms with Gasteiger partial charge in [0.1, 0.15) is 0 Å². The number of carbonyl (C=O) groups excluding carboxylic acids is 1. The van der Waals surface area contributed by atoms with Crippen LogP contribution in [0.3, 0.4) is 0 Å². The summed E-state index contributed by atoms with van der Waals surface area (Å²) < 4.78 is 0. The number of aromatic nitrogens is 1. The number of urea groups is 1. The topological polar surface area (TPSA) is 91.3 Å². The molecule has 6 heteroatoms. The van der Waals surface area contributed by atoms with Crippen LogP contribution in [0.15, 0.2) is 12.1 Å². The number of rotatable bonds is 8. The van der Waals surface area contributed by atoms with Gasteiger partial charge in [0.2, 0.25) is 0 Å². The van der Waals surface area contributed by atoms with E-state index in [1.54, 1.807) is 0 Å². The third kappa shape index (κ3) is 7.29. The molecule has 0 aliphatic carbocycles. The molecule has 1 aromatic heterocycles. The number of pyridine rings is 1. The highest BCUT2D eigenvalue weighted by Gasteiger charge is 2.04. The van der Waals surface area contributed by atoms with Crippen molar-refractivity contribution in [2.45, 2.75) is 46.0 Å². The molecule has 0 unspecified atom stereocenters. The Kier molecular flexibility index (Phi) is 7.21. The largest absolute Gasteiger partial charge is 0.481 e. The number of aliphatic carboxylic acids is 1. The fourth-order valence-corrected chi connectivity index (χ4v) is 1.94. The van der Waals surface area contributed by atoms with Gasteiger partial charge in [0, 0.05) is 18.7 Å². The molecule has 6 nitrogen and oxygen atoms in total. The van der Waals surface area contributed by atoms with Crippen molar-refractivity contribution in [1.29, 1.82) is 0 Å². The van der Waals surface area contributed by atoms with Crippen LogP contribution >= 0.6 is 0 Å². The number of carboxylic acid groups (broad SMARTS) is 1. The molecule has 0 fully saturated rings. The van der Waals surface area contributed by atoms with Gasteiger partial charge in [0.25, 0.3) is 0 Å². The van der Waals surface area contributed by atoms with E-state index in [1.165, 1.54) is 0 Å². The molecule has 3 N–H and O–H groups in total. The third-order valence-electron chi connectivity index (χ3n) is 3.08. The molecule has 21 heavy (non-hydrogen) atoms. The lowest BCUT2D eigenvalue weighted by atomic mass is 10.1. The van der Waals surface area contributed by atoms with Crippen LogP contribution in [-0.2, 0) is 4.79 Å². The van der Waals surface area contributed by atoms with Crippen molar-refractivity contribution in [3.05, 3.63) is 23.5 Å². The monoisotopic (exact) mass is 293 g/mol. The zero-order chi connectivity index (χ0) is 15.7. The van der Waals surface area contributed by atoms with E-state index < -0.39 is 5.97 Å². The highest BCUT2D eigenvalue weighted by Crippen LogP contribution is 2.12. The summed E-state index contributed by atoms with van der Waals surface area (Å²) in [5.41, 5.74) is 2.41. The van der Waals surface area contributed by atoms with Gasteiger partial charge in [-0.1, -0.05) is 12.8 Å². The van der Waals surface area contributed by atoms with E-state index in [2.05, 4.69) is 15.6 Å². The Morgan fingerprint density at radius 3 is 2.52 bits per heavy atom. The Labute approximate surface area is 125 Å². The molecule has 2 amide bonds. The first-order valence-electron chi connectivity index (χ1n) is 7.20. The molecule has 0 spiro atoms. The smallest absolute Gasteiger partial charge is 0.319 e. The van der Waals surface area contributed by atoms with Crippen molar-refractivity contribution in [2.75, 3.05) is 11.9 Å². The number of aryl methyl sites for hydroxylation is 2. The van der Waals surface area contributed by atoms with Crippen molar-refractivity contribution in [2.24, 2.45) is 0 Å². The molecule has 0 aliphatic heterocycles. The number of carbonyl (C=O) groups is 2. The van der Waals surface area contributed by atoms with Gasteiger partial charge in [0.05, 0.1) is 11.4 Å². The fraction of sp³-hybridized carbons (Fsp3) is 0.533. The van der Waals surface area contributed by atoms with Crippen LogP contribution in [0.2, 0.25) is 0 Å². The van der Waals surface area contributed by atoms with E-state index in [1.807, 2.05) is 26.0 Å². The summed E-state index contributed by atoms with van der Waals surface area (Å²) in [6, 6.07) is 3.45. The standard InChI is InChI=1S/C15H23N3O3/c1-11-8-9-13(12(2)17-11)18-15(21)16-10-6-4-3-5-7-14(19)20/h8-9H,3-7,10H2,1-2H3,(H,19,20)(H2,16,18,21). The second kappa shape index (κ2) is 8.94. The van der Waals surface area contributed by atoms with Gasteiger partial charge in [-0.05, 0) is 38.8 Å². The quantitative estimate of drug-likeness (QED) is 0.643. The fourth-order valence-electron chi connectivity index (χ4n) is 1.94. The van der Waals surface area contributed by atoms with Gasteiger partial charge >= 0.3 is 12.0 Å². The summed E-state index contributed by atoms with van der Waals surface area (Å²) in [5.74, 6) is -0.755. The minimum Gasteiger partial charge on any atom is -0.481 e. The van der Waals surface area contributed by atoms with Crippen LogP contribution in [-0.4, -0.2) is 28.6 Å². The Balaban J connectivity index is 2.15. The Morgan fingerprint density at radius 1 is 1.14 bits per heavy atom. The van der Waals surface area contributed by atoms with Gasteiger partial charge in [0.15, 0.2) is 0 Å². The minimum absolute atomic E-state index is 0.216. The van der Waals surface area contributed by atoms with Crippen LogP contribution in [0, 0.1) is 13.8 Å². The first-order valence-corrected chi connectivity index (χ1v) is 7.20. The summed E-state index contributed by atoms with van der Waals surface area (Å²) >= 11 is 0. The molecule has 0 radical (unpaired) electrons. The Bertz CT molecular complexity index is 489. The summed E-state index contributed by atoms with van der Waals surface area (Å²) in [6.45, 7) is 4.34. The zero-order valence-corrected chi connectivity index (χ0v) is 12.6. The Hall–Kier alpha value is -2.11. The molecule has 1 heterocycles. The predicted molar refractivity (Wildman–Crippen MR) is 81.5 cm³/mol. The van der Waals surface area contributed by atoms with Gasteiger partial charge in [-0.15, -0.1) is 0 Å². The van der Waals surface area contributed by atoms with E-state index in [9.17, 15) is 9.59 Å². The van der Waals surface area contributed by atoms with E-state index >= 15 is 0 Å². The lowest BCUT2D eigenvalue weighted by Gasteiger charge is -2.09. The van der Waals surface area contributed by atoms with E-state index in [4.69, 9.17) is 5.11 Å². The molecule has 0 aliphatic rings. The number of hydrogen-bond acceptors (Lipinski definition) is 3. The first kappa shape index (κ1) is 16.9. The van der Waals surface area contributed by atoms with Crippen molar-refractivity contribution in [3.8, 4) is 0 Å². The molecule has 1 rings (SSSR count). The van der Waals surface area contributed by atoms with Crippen LogP contribution < -0.4 is 10.6 Å². The number of nitrogens with zero attached hydrogens (tertiary/aromatic N) is 1. The number of unbranched alkanes of at least 4 members (excludes halogenated alkanes) is 3. The predicted octanol–water partition coefficient (Wildman–Crippen LogP) is 2.86. The number of anilines is 1. The van der Waals surface area contributed by atoms with Crippen LogP contribution in [0.25, 0.3) is 0 Å². The number of hydrogen-bond donors (Lipinski definition) is 3. The lowest BCUT2D eigenvalue weighted by molar-refractivity contribution is -0.137. The second-order valence-corrected chi connectivity index (χ2v) is 5.02. The molecule has 0 saturated heterocycles.